The number of nitrogens with zero attached hydrogens (tertiary/aromatic N) is 3. The molecule has 25 heavy (non-hydrogen) atoms. The van der Waals surface area contributed by atoms with Crippen molar-refractivity contribution in [2.24, 2.45) is 0 Å². The van der Waals surface area contributed by atoms with E-state index < -0.39 is 0 Å². The number of aryl methyl sites for hydroxylation is 1. The highest BCUT2D eigenvalue weighted by Gasteiger charge is 2.20. The fourth-order valence-electron chi connectivity index (χ4n) is 2.47. The van der Waals surface area contributed by atoms with Gasteiger partial charge in [0.25, 0.3) is 5.56 Å². The Kier molecular flexibility index (Phi) is 4.16. The van der Waals surface area contributed by atoms with Gasteiger partial charge < -0.3 is 4.52 Å². The maximum Gasteiger partial charge on any atom is 0.261 e. The maximum absolute atomic E-state index is 12.5. The topological polar surface area (TPSA) is 90.0 Å². The van der Waals surface area contributed by atoms with Gasteiger partial charge in [0.1, 0.15) is 6.54 Å². The van der Waals surface area contributed by atoms with E-state index in [1.54, 1.807) is 18.2 Å². The van der Waals surface area contributed by atoms with Crippen molar-refractivity contribution in [3.63, 3.8) is 0 Å². The quantitative estimate of drug-likeness (QED) is 0.791. The first-order chi connectivity index (χ1) is 11.8. The number of carbonyl (C=O) groups excluding carboxylic acids is 1. The largest absolute Gasteiger partial charge is 0.338 e. The molecule has 0 bridgehead atoms. The molecule has 130 valence electrons. The van der Waals surface area contributed by atoms with Gasteiger partial charge in [0.15, 0.2) is 0 Å². The van der Waals surface area contributed by atoms with Gasteiger partial charge in [-0.1, -0.05) is 38.1 Å². The van der Waals surface area contributed by atoms with Crippen molar-refractivity contribution in [3.8, 4) is 0 Å². The molecule has 1 amide bonds. The van der Waals surface area contributed by atoms with Gasteiger partial charge in [0.05, 0.1) is 22.9 Å². The van der Waals surface area contributed by atoms with Gasteiger partial charge in [-0.2, -0.15) is 0 Å². The Morgan fingerprint density at radius 3 is 2.76 bits per heavy atom. The molecule has 7 heteroatoms. The standard InChI is InChI=1S/C18H20N4O3/c1-11-6-5-7-12-16(11)19-10-22(17(12)24)9-14(23)20-15-8-13(21-25-15)18(2,3)4/h5-8,10H,9H2,1-4H3,(H,20,23). The van der Waals surface area contributed by atoms with Crippen LogP contribution in [0.2, 0.25) is 0 Å². The van der Waals surface area contributed by atoms with Gasteiger partial charge in [-0.25, -0.2) is 4.98 Å². The van der Waals surface area contributed by atoms with Gasteiger partial charge in [0, 0.05) is 11.5 Å². The lowest BCUT2D eigenvalue weighted by Gasteiger charge is -2.12. The van der Waals surface area contributed by atoms with Gasteiger partial charge in [0.2, 0.25) is 11.8 Å². The Bertz CT molecular complexity index is 995. The molecule has 0 saturated carbocycles. The number of aromatic nitrogens is 3. The van der Waals surface area contributed by atoms with Crippen LogP contribution in [-0.4, -0.2) is 20.6 Å². The summed E-state index contributed by atoms with van der Waals surface area (Å²) in [5.74, 6) is -0.125. The lowest BCUT2D eigenvalue weighted by atomic mass is 9.92. The van der Waals surface area contributed by atoms with E-state index >= 15 is 0 Å². The number of benzene rings is 1. The monoisotopic (exact) mass is 340 g/mol. The van der Waals surface area contributed by atoms with Crippen molar-refractivity contribution in [3.05, 3.63) is 52.2 Å². The molecule has 0 atom stereocenters. The SMILES string of the molecule is Cc1cccc2c(=O)n(CC(=O)Nc3cc(C(C)(C)C)no3)cnc12. The maximum atomic E-state index is 12.5. The average Bonchev–Trinajstić information content (AvgIpc) is 2.99. The minimum absolute atomic E-state index is 0.152. The number of hydrogen-bond acceptors (Lipinski definition) is 5. The summed E-state index contributed by atoms with van der Waals surface area (Å²) in [6.45, 7) is 7.74. The van der Waals surface area contributed by atoms with Crippen LogP contribution >= 0.6 is 0 Å². The lowest BCUT2D eigenvalue weighted by Crippen LogP contribution is -2.28. The summed E-state index contributed by atoms with van der Waals surface area (Å²) in [4.78, 5) is 29.0. The smallest absolute Gasteiger partial charge is 0.261 e. The Balaban J connectivity index is 1.79. The van der Waals surface area contributed by atoms with E-state index in [-0.39, 0.29) is 29.3 Å². The summed E-state index contributed by atoms with van der Waals surface area (Å²) < 4.78 is 6.41. The molecule has 1 aromatic carbocycles. The number of fused-ring (bicyclic) bond motifs is 1. The predicted octanol–water partition coefficient (Wildman–Crippen LogP) is 2.63. The molecule has 0 radical (unpaired) electrons. The van der Waals surface area contributed by atoms with E-state index in [4.69, 9.17) is 4.52 Å². The molecule has 2 aromatic heterocycles. The highest BCUT2D eigenvalue weighted by atomic mass is 16.5. The summed E-state index contributed by atoms with van der Waals surface area (Å²) >= 11 is 0. The van der Waals surface area contributed by atoms with Crippen molar-refractivity contribution >= 4 is 22.7 Å². The number of carbonyl (C=O) groups is 1. The van der Waals surface area contributed by atoms with Gasteiger partial charge in [-0.05, 0) is 18.6 Å². The fourth-order valence-corrected chi connectivity index (χ4v) is 2.47. The van der Waals surface area contributed by atoms with Crippen molar-refractivity contribution in [1.29, 1.82) is 0 Å². The number of hydrogen-bond donors (Lipinski definition) is 1. The molecule has 7 nitrogen and oxygen atoms in total. The second kappa shape index (κ2) is 6.16. The van der Waals surface area contributed by atoms with Crippen LogP contribution < -0.4 is 10.9 Å². The minimum Gasteiger partial charge on any atom is -0.338 e. The molecule has 0 aliphatic rings. The van der Waals surface area contributed by atoms with Crippen molar-refractivity contribution in [1.82, 2.24) is 14.7 Å². The zero-order valence-electron chi connectivity index (χ0n) is 14.7. The van der Waals surface area contributed by atoms with Crippen LogP contribution in [0.25, 0.3) is 10.9 Å². The van der Waals surface area contributed by atoms with Crippen molar-refractivity contribution in [2.45, 2.75) is 39.7 Å². The first-order valence-electron chi connectivity index (χ1n) is 7.97. The molecule has 1 N–H and O–H groups in total. The molecule has 0 unspecified atom stereocenters. The van der Waals surface area contributed by atoms with E-state index in [0.717, 1.165) is 11.3 Å². The summed E-state index contributed by atoms with van der Waals surface area (Å²) in [7, 11) is 0. The Labute approximate surface area is 144 Å². The first kappa shape index (κ1) is 16.9. The minimum atomic E-state index is -0.382. The summed E-state index contributed by atoms with van der Waals surface area (Å²) in [5, 5.41) is 7.05. The zero-order chi connectivity index (χ0) is 18.2. The van der Waals surface area contributed by atoms with E-state index in [1.165, 1.54) is 10.9 Å². The summed E-state index contributed by atoms with van der Waals surface area (Å²) in [6.07, 6.45) is 1.39. The second-order valence-corrected chi connectivity index (χ2v) is 7.02. The molecule has 2 heterocycles. The predicted molar refractivity (Wildman–Crippen MR) is 94.6 cm³/mol. The lowest BCUT2D eigenvalue weighted by molar-refractivity contribution is -0.116. The highest BCUT2D eigenvalue weighted by molar-refractivity contribution is 5.89. The number of anilines is 1. The molecule has 3 rings (SSSR count). The number of para-hydroxylation sites is 1. The summed E-state index contributed by atoms with van der Waals surface area (Å²) in [5.41, 5.74) is 1.88. The van der Waals surface area contributed by atoms with Gasteiger partial charge in [-0.15, -0.1) is 0 Å². The third kappa shape index (κ3) is 3.45. The Hall–Kier alpha value is -2.96. The molecule has 0 fully saturated rings. The first-order valence-corrected chi connectivity index (χ1v) is 7.97. The van der Waals surface area contributed by atoms with Crippen molar-refractivity contribution in [2.75, 3.05) is 5.32 Å². The second-order valence-electron chi connectivity index (χ2n) is 7.02. The number of nitrogens with one attached hydrogen (secondary N) is 1. The molecular weight excluding hydrogens is 320 g/mol. The van der Waals surface area contributed by atoms with Crippen molar-refractivity contribution < 1.29 is 9.32 Å². The molecular formula is C18H20N4O3. The molecule has 0 aliphatic carbocycles. The third-order valence-electron chi connectivity index (χ3n) is 3.91. The molecule has 0 saturated heterocycles. The van der Waals surface area contributed by atoms with Crippen LogP contribution in [0.5, 0.6) is 0 Å². The zero-order valence-corrected chi connectivity index (χ0v) is 14.7. The van der Waals surface area contributed by atoms with E-state index in [9.17, 15) is 9.59 Å². The molecule has 3 aromatic rings. The van der Waals surface area contributed by atoms with Crippen LogP contribution in [0.1, 0.15) is 32.0 Å². The van der Waals surface area contributed by atoms with E-state index in [2.05, 4.69) is 15.5 Å². The van der Waals surface area contributed by atoms with E-state index in [1.807, 2.05) is 33.8 Å². The highest BCUT2D eigenvalue weighted by Crippen LogP contribution is 2.23. The average molecular weight is 340 g/mol. The summed E-state index contributed by atoms with van der Waals surface area (Å²) in [6, 6.07) is 7.08. The van der Waals surface area contributed by atoms with Crippen LogP contribution in [0, 0.1) is 6.92 Å². The van der Waals surface area contributed by atoms with Gasteiger partial charge >= 0.3 is 0 Å². The number of amides is 1. The Morgan fingerprint density at radius 2 is 2.08 bits per heavy atom. The fraction of sp³-hybridized carbons (Fsp3) is 0.333. The van der Waals surface area contributed by atoms with Crippen LogP contribution in [0.4, 0.5) is 5.88 Å². The van der Waals surface area contributed by atoms with Gasteiger partial charge in [-0.3, -0.25) is 19.5 Å². The van der Waals surface area contributed by atoms with Crippen LogP contribution in [0.3, 0.4) is 0 Å². The van der Waals surface area contributed by atoms with Crippen LogP contribution in [-0.2, 0) is 16.8 Å². The number of rotatable bonds is 3. The molecule has 0 spiro atoms. The normalized spacial score (nSPS) is 11.7. The third-order valence-corrected chi connectivity index (χ3v) is 3.91. The molecule has 0 aliphatic heterocycles. The Morgan fingerprint density at radius 1 is 1.32 bits per heavy atom. The van der Waals surface area contributed by atoms with Crippen LogP contribution in [0.15, 0.2) is 39.9 Å². The van der Waals surface area contributed by atoms with E-state index in [0.29, 0.717) is 10.9 Å².